The Morgan fingerprint density at radius 2 is 0.726 bits per heavy atom. The Balaban J connectivity index is 0.000000181. The highest BCUT2D eigenvalue weighted by Gasteiger charge is 2.41. The molecule has 0 aliphatic heterocycles. The van der Waals surface area contributed by atoms with E-state index < -0.39 is 24.3 Å². The fourth-order valence-electron chi connectivity index (χ4n) is 12.1. The molecule has 12 heteroatoms. The zero-order chi connectivity index (χ0) is 62.4. The Bertz CT molecular complexity index is 3550. The van der Waals surface area contributed by atoms with Gasteiger partial charge in [0.15, 0.2) is 11.6 Å². The van der Waals surface area contributed by atoms with E-state index >= 15 is 0 Å². The molecule has 9 rings (SSSR count). The maximum absolute atomic E-state index is 14.0. The molecule has 0 saturated heterocycles. The van der Waals surface area contributed by atoms with Gasteiger partial charge >= 0.3 is 17.9 Å². The number of methoxy groups -OCH3 is 2. The first-order valence-electron chi connectivity index (χ1n) is 28.6. The molecular weight excluding hydrogens is 1190 g/mol. The minimum absolute atomic E-state index is 0.00843. The number of esters is 2. The molecule has 0 bridgehead atoms. The van der Waals surface area contributed by atoms with Crippen LogP contribution in [0.25, 0.3) is 5.57 Å². The summed E-state index contributed by atoms with van der Waals surface area (Å²) in [6.07, 6.45) is 3.78. The van der Waals surface area contributed by atoms with E-state index in [-0.39, 0.29) is 58.9 Å². The van der Waals surface area contributed by atoms with Crippen LogP contribution in [0, 0.1) is 6.92 Å². The standard InChI is InChI=1S/C24H26Br2O3.C24H26F2O2.C24H28O3/c1-23(2)10-11-24(3,4)19-13-17(21(25)26)16(12-18(19)23)20(27)14-6-8-15(9-7-14)22(28)29-5;1-14(15-6-8-16(9-7-15)22(27)28)17-12-19-20(13-18(17)21(25)26)24(4,5)11-10-23(19,2)3;1-15-13-19-20(24(4,5)12-11-23(19,2)3)14-18(15)21(25)16-7-9-17(10-8-16)22(26)27-6/h6-9,12-13,21H,10-11H2,1-5H3;6-9,12-13,21H,1,10-11H2,2-5H3,(H,27,28);7-10,13-14H,11-12H2,1-6H3. The number of hydrogen-bond acceptors (Lipinski definition) is 7. The van der Waals surface area contributed by atoms with Gasteiger partial charge in [0.25, 0.3) is 6.43 Å². The lowest BCUT2D eigenvalue weighted by Gasteiger charge is -2.42. The third kappa shape index (κ3) is 13.5. The predicted molar refractivity (Wildman–Crippen MR) is 339 cm³/mol. The van der Waals surface area contributed by atoms with Crippen LogP contribution in [-0.4, -0.2) is 48.8 Å². The van der Waals surface area contributed by atoms with Crippen molar-refractivity contribution in [2.45, 2.75) is 171 Å². The second kappa shape index (κ2) is 24.5. The third-order valence-corrected chi connectivity index (χ3v) is 19.1. The van der Waals surface area contributed by atoms with Crippen molar-refractivity contribution in [1.82, 2.24) is 0 Å². The van der Waals surface area contributed by atoms with Gasteiger partial charge in [-0.1, -0.05) is 170 Å². The molecule has 0 heterocycles. The summed E-state index contributed by atoms with van der Waals surface area (Å²) in [7, 11) is 2.69. The number of ketones is 2. The van der Waals surface area contributed by atoms with E-state index in [1.165, 1.54) is 48.6 Å². The van der Waals surface area contributed by atoms with Crippen molar-refractivity contribution >= 4 is 66.9 Å². The average Bonchev–Trinajstić information content (AvgIpc) is 1.25. The van der Waals surface area contributed by atoms with E-state index in [9.17, 15) is 32.8 Å². The Labute approximate surface area is 512 Å². The molecule has 0 saturated carbocycles. The zero-order valence-electron chi connectivity index (χ0n) is 51.3. The van der Waals surface area contributed by atoms with Crippen LogP contribution < -0.4 is 0 Å². The van der Waals surface area contributed by atoms with Gasteiger partial charge in [-0.2, -0.15) is 0 Å². The summed E-state index contributed by atoms with van der Waals surface area (Å²) in [4.78, 5) is 60.9. The number of fused-ring (bicyclic) bond motifs is 3. The lowest BCUT2D eigenvalue weighted by molar-refractivity contribution is 0.0592. The van der Waals surface area contributed by atoms with Crippen LogP contribution in [0.4, 0.5) is 8.78 Å². The van der Waals surface area contributed by atoms with Crippen molar-refractivity contribution < 1.29 is 47.3 Å². The van der Waals surface area contributed by atoms with Gasteiger partial charge in [0.1, 0.15) is 0 Å². The summed E-state index contributed by atoms with van der Waals surface area (Å²) < 4.78 is 37.3. The molecular formula is C72H80Br2F2O8. The van der Waals surface area contributed by atoms with Crippen LogP contribution in [0.15, 0.2) is 116 Å². The first-order chi connectivity index (χ1) is 39.0. The van der Waals surface area contributed by atoms with Gasteiger partial charge in [-0.3, -0.25) is 9.59 Å². The van der Waals surface area contributed by atoms with Crippen LogP contribution >= 0.6 is 31.9 Å². The molecule has 0 amide bonds. The lowest BCUT2D eigenvalue weighted by atomic mass is 9.62. The molecule has 0 aromatic heterocycles. The van der Waals surface area contributed by atoms with Crippen LogP contribution in [-0.2, 0) is 42.0 Å². The number of carbonyl (C=O) groups excluding carboxylic acids is 4. The van der Waals surface area contributed by atoms with Crippen LogP contribution in [0.5, 0.6) is 0 Å². The van der Waals surface area contributed by atoms with Gasteiger partial charge < -0.3 is 14.6 Å². The molecule has 444 valence electrons. The van der Waals surface area contributed by atoms with Gasteiger partial charge in [-0.15, -0.1) is 0 Å². The number of benzene rings is 6. The Morgan fingerprint density at radius 3 is 1.07 bits per heavy atom. The first-order valence-corrected chi connectivity index (χ1v) is 30.4. The van der Waals surface area contributed by atoms with Gasteiger partial charge in [-0.05, 0) is 200 Å². The van der Waals surface area contributed by atoms with Crippen molar-refractivity contribution in [2.75, 3.05) is 14.2 Å². The molecule has 3 aliphatic rings. The highest BCUT2D eigenvalue weighted by molar-refractivity contribution is 9.24. The monoisotopic (exact) mass is 1270 g/mol. The number of aromatic carboxylic acids is 1. The summed E-state index contributed by atoms with van der Waals surface area (Å²) in [6, 6.07) is 31.6. The number of alkyl halides is 4. The fraction of sp³-hybridized carbons (Fsp3) is 0.403. The van der Waals surface area contributed by atoms with E-state index in [1.54, 1.807) is 66.7 Å². The number of halogens is 4. The van der Waals surface area contributed by atoms with Crippen LogP contribution in [0.1, 0.15) is 256 Å². The van der Waals surface area contributed by atoms with Crippen LogP contribution in [0.2, 0.25) is 0 Å². The highest BCUT2D eigenvalue weighted by atomic mass is 79.9. The predicted octanol–water partition coefficient (Wildman–Crippen LogP) is 18.9. The number of carbonyl (C=O) groups is 5. The minimum Gasteiger partial charge on any atom is -0.478 e. The molecule has 8 nitrogen and oxygen atoms in total. The summed E-state index contributed by atoms with van der Waals surface area (Å²) in [6.45, 7) is 32.7. The number of carboxylic acids is 1. The van der Waals surface area contributed by atoms with Gasteiger partial charge in [0, 0.05) is 27.8 Å². The topological polar surface area (TPSA) is 124 Å². The molecule has 0 spiro atoms. The second-order valence-corrected chi connectivity index (χ2v) is 29.8. The van der Waals surface area contributed by atoms with Crippen molar-refractivity contribution in [3.8, 4) is 0 Å². The molecule has 0 atom stereocenters. The molecule has 0 radical (unpaired) electrons. The molecule has 6 aromatic rings. The number of hydrogen-bond donors (Lipinski definition) is 1. The lowest BCUT2D eigenvalue weighted by Crippen LogP contribution is -2.34. The molecule has 84 heavy (non-hydrogen) atoms. The minimum atomic E-state index is -2.61. The molecule has 1 N–H and O–H groups in total. The quantitative estimate of drug-likeness (QED) is 0.0773. The van der Waals surface area contributed by atoms with E-state index in [0.29, 0.717) is 44.5 Å². The maximum Gasteiger partial charge on any atom is 0.337 e. The normalized spacial score (nSPS) is 17.1. The van der Waals surface area contributed by atoms with E-state index in [0.717, 1.165) is 66.3 Å². The molecule has 3 aliphatic carbocycles. The summed E-state index contributed by atoms with van der Waals surface area (Å²) in [5.41, 5.74) is 14.3. The van der Waals surface area contributed by atoms with Crippen molar-refractivity contribution in [2.24, 2.45) is 0 Å². The van der Waals surface area contributed by atoms with E-state index in [4.69, 9.17) is 14.6 Å². The number of ether oxygens (including phenoxy) is 2. The number of carboxylic acid groups (broad SMARTS) is 1. The van der Waals surface area contributed by atoms with Crippen molar-refractivity contribution in [1.29, 1.82) is 0 Å². The largest absolute Gasteiger partial charge is 0.478 e. The van der Waals surface area contributed by atoms with Crippen molar-refractivity contribution in [3.63, 3.8) is 0 Å². The second-order valence-electron chi connectivity index (χ2n) is 26.7. The molecule has 0 unspecified atom stereocenters. The summed E-state index contributed by atoms with van der Waals surface area (Å²) >= 11 is 7.22. The Kier molecular flexibility index (Phi) is 19.0. The summed E-state index contributed by atoms with van der Waals surface area (Å²) in [5, 5.41) is 9.07. The van der Waals surface area contributed by atoms with Crippen LogP contribution in [0.3, 0.4) is 0 Å². The maximum atomic E-state index is 14.0. The van der Waals surface area contributed by atoms with Gasteiger partial charge in [0.05, 0.1) is 34.6 Å². The van der Waals surface area contributed by atoms with E-state index in [1.807, 2.05) is 13.0 Å². The van der Waals surface area contributed by atoms with E-state index in [2.05, 4.69) is 146 Å². The van der Waals surface area contributed by atoms with Gasteiger partial charge in [-0.25, -0.2) is 23.2 Å². The zero-order valence-corrected chi connectivity index (χ0v) is 54.5. The van der Waals surface area contributed by atoms with Gasteiger partial charge in [0.2, 0.25) is 0 Å². The number of aryl methyl sites for hydroxylation is 1. The van der Waals surface area contributed by atoms with Crippen molar-refractivity contribution in [3.05, 3.63) is 216 Å². The Hall–Kier alpha value is -6.37. The Morgan fingerprint density at radius 1 is 0.440 bits per heavy atom. The average molecular weight is 1270 g/mol. The molecule has 6 aromatic carbocycles. The number of rotatable bonds is 11. The SMILES string of the molecule is C=C(c1ccc(C(=O)O)cc1)c1cc2c(cc1C(F)F)C(C)(C)CCC2(C)C.COC(=O)c1ccc(C(=O)c2cc3c(cc2C(Br)Br)C(C)(C)CCC3(C)C)cc1.COC(=O)c1ccc(C(=O)c2cc3c(cc2C)C(C)(C)CCC3(C)C)cc1. The first kappa shape index (κ1) is 65.2. The highest BCUT2D eigenvalue weighted by Crippen LogP contribution is 2.51. The molecule has 0 fully saturated rings. The fourth-order valence-corrected chi connectivity index (χ4v) is 12.8. The third-order valence-electron chi connectivity index (χ3n) is 18.1. The summed E-state index contributed by atoms with van der Waals surface area (Å²) in [5.74, 6) is -1.90. The smallest absolute Gasteiger partial charge is 0.337 e.